The fourth-order valence-electron chi connectivity index (χ4n) is 7.23. The predicted molar refractivity (Wildman–Crippen MR) is 153 cm³/mol. The molecule has 2 N–H and O–H groups in total. The molecule has 2 heterocycles. The van der Waals surface area contributed by atoms with Gasteiger partial charge in [-0.3, -0.25) is 19.3 Å². The first-order chi connectivity index (χ1) is 17.5. The van der Waals surface area contributed by atoms with E-state index in [1.54, 1.807) is 13.8 Å². The second kappa shape index (κ2) is 13.4. The molecule has 0 atom stereocenters. The summed E-state index contributed by atoms with van der Waals surface area (Å²) in [4.78, 5) is 35.8. The summed E-state index contributed by atoms with van der Waals surface area (Å²) in [5.74, 6) is 0.0806. The molecule has 0 spiro atoms. The lowest BCUT2D eigenvalue weighted by Crippen LogP contribution is -2.64. The molecule has 0 aliphatic carbocycles. The van der Waals surface area contributed by atoms with Gasteiger partial charge in [0.2, 0.25) is 11.8 Å². The third-order valence-corrected chi connectivity index (χ3v) is 7.98. The number of amides is 2. The van der Waals surface area contributed by atoms with Gasteiger partial charge >= 0.3 is 0 Å². The van der Waals surface area contributed by atoms with Crippen LogP contribution >= 0.6 is 0 Å². The van der Waals surface area contributed by atoms with Gasteiger partial charge in [-0.25, -0.2) is 0 Å². The van der Waals surface area contributed by atoms with Gasteiger partial charge in [0.1, 0.15) is 0 Å². The number of carbonyl (C=O) groups is 2. The van der Waals surface area contributed by atoms with E-state index in [0.717, 1.165) is 51.7 Å². The SMILES string of the molecule is CC(=O)NC1CC(C)(C)N(OCCCCCCCCON2C(C)(C)CC(NC(C)=O)CC2(C)C)C(C)(C)C1. The van der Waals surface area contributed by atoms with Crippen LogP contribution in [0, 0.1) is 0 Å². The summed E-state index contributed by atoms with van der Waals surface area (Å²) >= 11 is 0. The monoisotopic (exact) mass is 538 g/mol. The van der Waals surface area contributed by atoms with Crippen LogP contribution in [0.5, 0.6) is 0 Å². The molecule has 8 nitrogen and oxygen atoms in total. The van der Waals surface area contributed by atoms with Crippen LogP contribution in [0.1, 0.15) is 133 Å². The Balaban J connectivity index is 1.62. The van der Waals surface area contributed by atoms with Crippen LogP contribution in [0.4, 0.5) is 0 Å². The first-order valence-corrected chi connectivity index (χ1v) is 14.9. The van der Waals surface area contributed by atoms with Crippen molar-refractivity contribution in [3.05, 3.63) is 0 Å². The Labute approximate surface area is 232 Å². The quantitative estimate of drug-likeness (QED) is 0.301. The molecule has 0 unspecified atom stereocenters. The average molecular weight is 539 g/mol. The van der Waals surface area contributed by atoms with Gasteiger partial charge in [-0.2, -0.15) is 10.1 Å². The number of rotatable bonds is 13. The van der Waals surface area contributed by atoms with Crippen molar-refractivity contribution in [1.29, 1.82) is 0 Å². The van der Waals surface area contributed by atoms with Gasteiger partial charge in [-0.05, 0) is 93.9 Å². The van der Waals surface area contributed by atoms with Gasteiger partial charge in [0.05, 0.1) is 13.2 Å². The lowest BCUT2D eigenvalue weighted by Gasteiger charge is -2.53. The molecule has 2 fully saturated rings. The molecule has 2 aliphatic heterocycles. The second-order valence-corrected chi connectivity index (χ2v) is 14.2. The molecular weight excluding hydrogens is 480 g/mol. The second-order valence-electron chi connectivity index (χ2n) is 14.2. The number of hydroxylamine groups is 4. The standard InChI is InChI=1S/C30H58N4O4/c1-23(35)31-25-19-27(3,4)33(28(5,6)20-25)37-17-15-13-11-12-14-16-18-38-34-29(7,8)21-26(32-24(2)36)22-30(34,9)10/h25-26H,11-22H2,1-10H3,(H,31,35)(H,32,36). The van der Waals surface area contributed by atoms with E-state index in [9.17, 15) is 9.59 Å². The molecule has 0 bridgehead atoms. The zero-order valence-corrected chi connectivity index (χ0v) is 26.2. The van der Waals surface area contributed by atoms with Gasteiger partial charge in [0.15, 0.2) is 0 Å². The van der Waals surface area contributed by atoms with Gasteiger partial charge in [0.25, 0.3) is 0 Å². The summed E-state index contributed by atoms with van der Waals surface area (Å²) in [6.07, 6.45) is 10.4. The normalized spacial score (nSPS) is 23.7. The molecule has 2 aliphatic rings. The lowest BCUT2D eigenvalue weighted by molar-refractivity contribution is -0.284. The Hall–Kier alpha value is -1.22. The van der Waals surface area contributed by atoms with E-state index < -0.39 is 0 Å². The van der Waals surface area contributed by atoms with Gasteiger partial charge in [-0.15, -0.1) is 0 Å². The van der Waals surface area contributed by atoms with Crippen molar-refractivity contribution in [2.45, 2.75) is 168 Å². The van der Waals surface area contributed by atoms with Crippen LogP contribution in [-0.2, 0) is 19.3 Å². The van der Waals surface area contributed by atoms with Gasteiger partial charge in [0, 0.05) is 48.1 Å². The molecule has 0 aromatic rings. The third kappa shape index (κ3) is 9.76. The fraction of sp³-hybridized carbons (Fsp3) is 0.933. The van der Waals surface area contributed by atoms with Crippen molar-refractivity contribution in [3.8, 4) is 0 Å². The molecule has 222 valence electrons. The van der Waals surface area contributed by atoms with Crippen LogP contribution in [-0.4, -0.2) is 69.4 Å². The highest BCUT2D eigenvalue weighted by atomic mass is 16.7. The minimum absolute atomic E-state index is 0.0403. The highest BCUT2D eigenvalue weighted by Crippen LogP contribution is 2.40. The van der Waals surface area contributed by atoms with E-state index in [1.165, 1.54) is 25.7 Å². The average Bonchev–Trinajstić information content (AvgIpc) is 2.69. The third-order valence-electron chi connectivity index (χ3n) is 7.98. The Kier molecular flexibility index (Phi) is 11.7. The highest BCUT2D eigenvalue weighted by Gasteiger charge is 2.47. The number of piperidine rings is 2. The summed E-state index contributed by atoms with van der Waals surface area (Å²) in [6, 6.07) is 0.378. The largest absolute Gasteiger partial charge is 0.353 e. The van der Waals surface area contributed by atoms with E-state index >= 15 is 0 Å². The number of hydrogen-bond acceptors (Lipinski definition) is 6. The molecule has 0 radical (unpaired) electrons. The van der Waals surface area contributed by atoms with Crippen molar-refractivity contribution in [1.82, 2.24) is 20.8 Å². The van der Waals surface area contributed by atoms with Crippen LogP contribution in [0.15, 0.2) is 0 Å². The first kappa shape index (κ1) is 33.0. The number of unbranched alkanes of at least 4 members (excludes halogenated alkanes) is 5. The highest BCUT2D eigenvalue weighted by molar-refractivity contribution is 5.73. The summed E-state index contributed by atoms with van der Waals surface area (Å²) in [7, 11) is 0. The number of hydrogen-bond donors (Lipinski definition) is 2. The Morgan fingerprint density at radius 3 is 1.11 bits per heavy atom. The number of nitrogens with one attached hydrogen (secondary N) is 2. The minimum Gasteiger partial charge on any atom is -0.353 e. The van der Waals surface area contributed by atoms with Crippen molar-refractivity contribution >= 4 is 11.8 Å². The molecule has 38 heavy (non-hydrogen) atoms. The lowest BCUT2D eigenvalue weighted by atomic mass is 9.79. The van der Waals surface area contributed by atoms with Crippen LogP contribution in [0.2, 0.25) is 0 Å². The van der Waals surface area contributed by atoms with Crippen molar-refractivity contribution < 1.29 is 19.3 Å². The van der Waals surface area contributed by atoms with E-state index in [0.29, 0.717) is 0 Å². The molecule has 2 amide bonds. The summed E-state index contributed by atoms with van der Waals surface area (Å²) in [5, 5.41) is 10.6. The Morgan fingerprint density at radius 1 is 0.579 bits per heavy atom. The molecule has 0 saturated carbocycles. The molecule has 2 rings (SSSR count). The van der Waals surface area contributed by atoms with E-state index in [1.807, 2.05) is 0 Å². The van der Waals surface area contributed by atoms with Crippen LogP contribution < -0.4 is 10.6 Å². The van der Waals surface area contributed by atoms with Crippen molar-refractivity contribution in [3.63, 3.8) is 0 Å². The fourth-order valence-corrected chi connectivity index (χ4v) is 7.23. The van der Waals surface area contributed by atoms with Crippen LogP contribution in [0.25, 0.3) is 0 Å². The van der Waals surface area contributed by atoms with E-state index in [2.05, 4.69) is 76.1 Å². The molecule has 0 aromatic carbocycles. The molecule has 2 saturated heterocycles. The van der Waals surface area contributed by atoms with E-state index in [-0.39, 0.29) is 46.1 Å². The smallest absolute Gasteiger partial charge is 0.217 e. The van der Waals surface area contributed by atoms with Crippen molar-refractivity contribution in [2.24, 2.45) is 0 Å². The minimum atomic E-state index is -0.128. The van der Waals surface area contributed by atoms with Gasteiger partial charge in [-0.1, -0.05) is 25.7 Å². The maximum Gasteiger partial charge on any atom is 0.217 e. The summed E-state index contributed by atoms with van der Waals surface area (Å²) in [5.41, 5.74) is -0.511. The van der Waals surface area contributed by atoms with E-state index in [4.69, 9.17) is 9.68 Å². The zero-order valence-electron chi connectivity index (χ0n) is 26.2. The predicted octanol–water partition coefficient (Wildman–Crippen LogP) is 5.51. The topological polar surface area (TPSA) is 83.1 Å². The van der Waals surface area contributed by atoms with Gasteiger partial charge < -0.3 is 10.6 Å². The maximum atomic E-state index is 11.6. The number of nitrogens with zero attached hydrogens (tertiary/aromatic N) is 2. The Bertz CT molecular complexity index is 680. The molecule has 0 aromatic heterocycles. The summed E-state index contributed by atoms with van der Waals surface area (Å²) < 4.78 is 0. The van der Waals surface area contributed by atoms with Crippen LogP contribution in [0.3, 0.4) is 0 Å². The summed E-state index contributed by atoms with van der Waals surface area (Å²) in [6.45, 7) is 22.3. The Morgan fingerprint density at radius 2 is 0.842 bits per heavy atom. The first-order valence-electron chi connectivity index (χ1n) is 14.9. The molecule has 8 heteroatoms. The zero-order chi connectivity index (χ0) is 28.8. The maximum absolute atomic E-state index is 11.6. The molecular formula is C30H58N4O4. The van der Waals surface area contributed by atoms with Crippen molar-refractivity contribution in [2.75, 3.05) is 13.2 Å². The number of carbonyl (C=O) groups excluding carboxylic acids is 2.